The Morgan fingerprint density at radius 3 is 2.54 bits per heavy atom. The zero-order valence-electron chi connectivity index (χ0n) is 17.6. The lowest BCUT2D eigenvalue weighted by molar-refractivity contribution is 0.0483. The molecule has 0 bridgehead atoms. The highest BCUT2D eigenvalue weighted by molar-refractivity contribution is 5.68. The van der Waals surface area contributed by atoms with Crippen molar-refractivity contribution >= 4 is 11.8 Å². The first-order valence-electron chi connectivity index (χ1n) is 10.7. The van der Waals surface area contributed by atoms with Crippen molar-refractivity contribution in [3.8, 4) is 0 Å². The number of aryl methyl sites for hydroxylation is 1. The molecule has 0 saturated heterocycles. The van der Waals surface area contributed by atoms with Crippen molar-refractivity contribution in [3.05, 3.63) is 28.8 Å². The maximum atomic E-state index is 12.1. The number of benzene rings is 1. The van der Waals surface area contributed by atoms with Gasteiger partial charge in [0, 0.05) is 5.69 Å². The number of aliphatic hydroxyl groups is 1. The molecule has 156 valence electrons. The topological polar surface area (TPSA) is 84.6 Å². The molecule has 5 nitrogen and oxygen atoms in total. The number of hydrogen-bond donors (Lipinski definition) is 3. The first-order chi connectivity index (χ1) is 13.2. The van der Waals surface area contributed by atoms with Crippen molar-refractivity contribution in [3.63, 3.8) is 0 Å². The number of alkyl carbamates (subject to hydrolysis) is 1. The van der Waals surface area contributed by atoms with E-state index in [-0.39, 0.29) is 6.61 Å². The molecule has 1 aromatic carbocycles. The van der Waals surface area contributed by atoms with Crippen LogP contribution >= 0.6 is 0 Å². The van der Waals surface area contributed by atoms with Crippen molar-refractivity contribution in [2.45, 2.75) is 95.6 Å². The summed E-state index contributed by atoms with van der Waals surface area (Å²) < 4.78 is 5.31. The fourth-order valence-electron chi connectivity index (χ4n) is 4.99. The molecular weight excluding hydrogens is 352 g/mol. The van der Waals surface area contributed by atoms with E-state index in [0.29, 0.717) is 11.8 Å². The largest absolute Gasteiger partial charge is 0.444 e. The second kappa shape index (κ2) is 8.32. The molecule has 1 unspecified atom stereocenters. The van der Waals surface area contributed by atoms with Crippen molar-refractivity contribution in [2.24, 2.45) is 0 Å². The van der Waals surface area contributed by atoms with Crippen LogP contribution in [0.1, 0.15) is 82.4 Å². The van der Waals surface area contributed by atoms with E-state index in [4.69, 9.17) is 10.5 Å². The van der Waals surface area contributed by atoms with Gasteiger partial charge in [-0.25, -0.2) is 4.79 Å². The van der Waals surface area contributed by atoms with Gasteiger partial charge in [-0.05, 0) is 87.5 Å². The van der Waals surface area contributed by atoms with Crippen LogP contribution in [0.5, 0.6) is 0 Å². The number of carbonyl (C=O) groups is 1. The van der Waals surface area contributed by atoms with Gasteiger partial charge in [0.05, 0.1) is 12.6 Å². The highest BCUT2D eigenvalue weighted by atomic mass is 16.6. The lowest BCUT2D eigenvalue weighted by Gasteiger charge is -2.42. The Morgan fingerprint density at radius 1 is 1.21 bits per heavy atom. The number of rotatable bonds is 4. The van der Waals surface area contributed by atoms with Gasteiger partial charge in [0.2, 0.25) is 0 Å². The van der Waals surface area contributed by atoms with Crippen LogP contribution in [-0.4, -0.2) is 29.4 Å². The number of ether oxygens (including phenoxy) is 1. The molecule has 4 N–H and O–H groups in total. The van der Waals surface area contributed by atoms with Crippen molar-refractivity contribution in [1.29, 1.82) is 0 Å². The van der Waals surface area contributed by atoms with Crippen molar-refractivity contribution < 1.29 is 14.6 Å². The summed E-state index contributed by atoms with van der Waals surface area (Å²) >= 11 is 0. The average Bonchev–Trinajstić information content (AvgIpc) is 2.62. The highest BCUT2D eigenvalue weighted by Gasteiger charge is 2.37. The first kappa shape index (κ1) is 21.0. The molecular formula is C23H36N2O3. The molecule has 1 amide bonds. The molecule has 0 radical (unpaired) electrons. The number of aliphatic hydroxyl groups excluding tert-OH is 1. The smallest absolute Gasteiger partial charge is 0.407 e. The quantitative estimate of drug-likeness (QED) is 0.674. The summed E-state index contributed by atoms with van der Waals surface area (Å²) in [5, 5.41) is 12.5. The van der Waals surface area contributed by atoms with E-state index in [0.717, 1.165) is 17.7 Å². The van der Waals surface area contributed by atoms with Crippen LogP contribution in [0.2, 0.25) is 0 Å². The number of nitrogen functional groups attached to an aromatic ring is 1. The molecule has 1 fully saturated rings. The van der Waals surface area contributed by atoms with Crippen LogP contribution in [0.4, 0.5) is 10.5 Å². The number of hydrogen-bond acceptors (Lipinski definition) is 4. The fraction of sp³-hybridized carbons (Fsp3) is 0.696. The van der Waals surface area contributed by atoms with Crippen LogP contribution < -0.4 is 11.1 Å². The zero-order valence-corrected chi connectivity index (χ0v) is 17.6. The zero-order chi connectivity index (χ0) is 20.4. The van der Waals surface area contributed by atoms with E-state index < -0.39 is 17.7 Å². The van der Waals surface area contributed by atoms with Crippen LogP contribution in [0.15, 0.2) is 12.1 Å². The summed E-state index contributed by atoms with van der Waals surface area (Å²) in [6, 6.07) is 4.00. The monoisotopic (exact) mass is 388 g/mol. The summed E-state index contributed by atoms with van der Waals surface area (Å²) in [5.41, 5.74) is 10.8. The number of carbonyl (C=O) groups excluding carboxylic acids is 1. The lowest BCUT2D eigenvalue weighted by atomic mass is 9.62. The molecule has 2 aliphatic carbocycles. The molecule has 0 aromatic heterocycles. The van der Waals surface area contributed by atoms with E-state index in [2.05, 4.69) is 17.4 Å². The Hall–Kier alpha value is -1.75. The third-order valence-electron chi connectivity index (χ3n) is 6.26. The maximum Gasteiger partial charge on any atom is 0.407 e. The SMILES string of the molecule is CC(C)(C)OC(=O)NC(CO)Cc1cc2c(cc1N)C1(CCCCC1)CCC2. The molecule has 2 aliphatic rings. The van der Waals surface area contributed by atoms with E-state index >= 15 is 0 Å². The third-order valence-corrected chi connectivity index (χ3v) is 6.26. The van der Waals surface area contributed by atoms with Gasteiger partial charge in [0.25, 0.3) is 0 Å². The second-order valence-corrected chi connectivity index (χ2v) is 9.63. The standard InChI is InChI=1S/C23H36N2O3/c1-22(2,3)28-21(27)25-18(15-26)13-17-12-16-8-7-11-23(9-5-4-6-10-23)19(16)14-20(17)24/h12,14,18,26H,4-11,13,15,24H2,1-3H3,(H,25,27). The molecule has 0 aliphatic heterocycles. The Labute approximate surface area is 169 Å². The summed E-state index contributed by atoms with van der Waals surface area (Å²) in [6.45, 7) is 5.31. The second-order valence-electron chi connectivity index (χ2n) is 9.63. The predicted molar refractivity (Wildman–Crippen MR) is 113 cm³/mol. The molecule has 1 spiro atoms. The number of nitrogens with two attached hydrogens (primary N) is 1. The summed E-state index contributed by atoms with van der Waals surface area (Å²) in [6.07, 6.45) is 10.1. The minimum atomic E-state index is -0.566. The molecule has 1 atom stereocenters. The van der Waals surface area contributed by atoms with Gasteiger partial charge in [-0.3, -0.25) is 0 Å². The number of amides is 1. The van der Waals surface area contributed by atoms with Gasteiger partial charge in [-0.15, -0.1) is 0 Å². The maximum absolute atomic E-state index is 12.1. The summed E-state index contributed by atoms with van der Waals surface area (Å²) in [7, 11) is 0. The minimum Gasteiger partial charge on any atom is -0.444 e. The molecule has 0 heterocycles. The van der Waals surface area contributed by atoms with Crippen LogP contribution in [0, 0.1) is 0 Å². The van der Waals surface area contributed by atoms with Crippen LogP contribution in [0.25, 0.3) is 0 Å². The van der Waals surface area contributed by atoms with Crippen LogP contribution in [-0.2, 0) is 23.0 Å². The number of anilines is 1. The third kappa shape index (κ3) is 4.80. The Bertz CT molecular complexity index is 703. The van der Waals surface area contributed by atoms with Crippen molar-refractivity contribution in [2.75, 3.05) is 12.3 Å². The Morgan fingerprint density at radius 2 is 1.89 bits per heavy atom. The number of nitrogens with one attached hydrogen (secondary N) is 1. The average molecular weight is 389 g/mol. The van der Waals surface area contributed by atoms with Gasteiger partial charge in [-0.2, -0.15) is 0 Å². The van der Waals surface area contributed by atoms with E-state index in [1.807, 2.05) is 20.8 Å². The molecule has 28 heavy (non-hydrogen) atoms. The van der Waals surface area contributed by atoms with Gasteiger partial charge >= 0.3 is 6.09 Å². The lowest BCUT2D eigenvalue weighted by Crippen LogP contribution is -2.42. The molecule has 3 rings (SSSR count). The molecule has 1 aromatic rings. The summed E-state index contributed by atoms with van der Waals surface area (Å²) in [5.74, 6) is 0. The normalized spacial score (nSPS) is 19.7. The van der Waals surface area contributed by atoms with Crippen LogP contribution in [0.3, 0.4) is 0 Å². The van der Waals surface area contributed by atoms with Gasteiger partial charge in [0.15, 0.2) is 0 Å². The minimum absolute atomic E-state index is 0.153. The van der Waals surface area contributed by atoms with Gasteiger partial charge in [-0.1, -0.05) is 25.3 Å². The van der Waals surface area contributed by atoms with Gasteiger partial charge in [0.1, 0.15) is 5.60 Å². The van der Waals surface area contributed by atoms with E-state index in [9.17, 15) is 9.90 Å². The Balaban J connectivity index is 1.77. The first-order valence-corrected chi connectivity index (χ1v) is 10.7. The van der Waals surface area contributed by atoms with Crippen molar-refractivity contribution in [1.82, 2.24) is 5.32 Å². The van der Waals surface area contributed by atoms with E-state index in [1.54, 1.807) is 0 Å². The summed E-state index contributed by atoms with van der Waals surface area (Å²) in [4.78, 5) is 12.1. The Kier molecular flexibility index (Phi) is 6.23. The van der Waals surface area contributed by atoms with Gasteiger partial charge < -0.3 is 20.9 Å². The molecule has 1 saturated carbocycles. The highest BCUT2D eigenvalue weighted by Crippen LogP contribution is 2.48. The molecule has 5 heteroatoms. The van der Waals surface area contributed by atoms with E-state index in [1.165, 1.54) is 56.1 Å². The fourth-order valence-corrected chi connectivity index (χ4v) is 4.99. The predicted octanol–water partition coefficient (Wildman–Crippen LogP) is 4.24. The number of fused-ring (bicyclic) bond motifs is 2.